The molecule has 1 rings (SSSR count). The average Bonchev–Trinajstić information content (AvgIpc) is 2.17. The minimum atomic E-state index is -0.528. The van der Waals surface area contributed by atoms with Gasteiger partial charge < -0.3 is 15.7 Å². The van der Waals surface area contributed by atoms with E-state index in [0.29, 0.717) is 0 Å². The Morgan fingerprint density at radius 1 is 1.58 bits per heavy atom. The summed E-state index contributed by atoms with van der Waals surface area (Å²) in [5, 5.41) is 14.9. The molecular formula is C8H16N2O2. The van der Waals surface area contributed by atoms with Gasteiger partial charge in [-0.2, -0.15) is 0 Å². The van der Waals surface area contributed by atoms with E-state index in [1.165, 1.54) is 0 Å². The van der Waals surface area contributed by atoms with Gasteiger partial charge in [0.2, 0.25) is 5.91 Å². The highest BCUT2D eigenvalue weighted by Crippen LogP contribution is 2.27. The summed E-state index contributed by atoms with van der Waals surface area (Å²) >= 11 is 0. The number of rotatable bonds is 2. The van der Waals surface area contributed by atoms with Gasteiger partial charge in [0.05, 0.1) is 12.0 Å². The summed E-state index contributed by atoms with van der Waals surface area (Å²) in [6.07, 6.45) is 1.45. The number of hydrogen-bond acceptors (Lipinski definition) is 3. The van der Waals surface area contributed by atoms with Crippen LogP contribution < -0.4 is 10.6 Å². The minimum absolute atomic E-state index is 0.0356. The highest BCUT2D eigenvalue weighted by atomic mass is 16.3. The van der Waals surface area contributed by atoms with E-state index < -0.39 is 5.41 Å². The largest absolute Gasteiger partial charge is 0.395 e. The van der Waals surface area contributed by atoms with Gasteiger partial charge in [-0.15, -0.1) is 0 Å². The predicted molar refractivity (Wildman–Crippen MR) is 45.7 cm³/mol. The van der Waals surface area contributed by atoms with Crippen molar-refractivity contribution in [3.8, 4) is 0 Å². The molecule has 1 fully saturated rings. The Hall–Kier alpha value is -0.610. The van der Waals surface area contributed by atoms with Crippen LogP contribution in [-0.4, -0.2) is 37.8 Å². The summed E-state index contributed by atoms with van der Waals surface area (Å²) in [5.74, 6) is -0.0356. The number of aliphatic hydroxyl groups is 1. The van der Waals surface area contributed by atoms with E-state index in [4.69, 9.17) is 5.11 Å². The van der Waals surface area contributed by atoms with Crippen molar-refractivity contribution in [2.75, 3.05) is 26.7 Å². The van der Waals surface area contributed by atoms with Crippen molar-refractivity contribution in [3.63, 3.8) is 0 Å². The second kappa shape index (κ2) is 3.87. The summed E-state index contributed by atoms with van der Waals surface area (Å²) in [7, 11) is 1.61. The molecule has 0 atom stereocenters. The van der Waals surface area contributed by atoms with Gasteiger partial charge in [-0.05, 0) is 25.9 Å². The molecular weight excluding hydrogens is 156 g/mol. The fourth-order valence-electron chi connectivity index (χ4n) is 1.63. The lowest BCUT2D eigenvalue weighted by atomic mass is 9.79. The van der Waals surface area contributed by atoms with Crippen LogP contribution in [0.1, 0.15) is 12.8 Å². The standard InChI is InChI=1S/C8H16N2O2/c1-9-7(12)8(6-11)2-4-10-5-3-8/h10-11H,2-6H2,1H3,(H,9,12). The molecule has 4 heteroatoms. The summed E-state index contributed by atoms with van der Waals surface area (Å²) in [6.45, 7) is 1.58. The van der Waals surface area contributed by atoms with Crippen LogP contribution in [0.3, 0.4) is 0 Å². The number of nitrogens with one attached hydrogen (secondary N) is 2. The van der Waals surface area contributed by atoms with Crippen LogP contribution in [0.5, 0.6) is 0 Å². The SMILES string of the molecule is CNC(=O)C1(CO)CCNCC1. The molecule has 1 aliphatic heterocycles. The van der Waals surface area contributed by atoms with Crippen molar-refractivity contribution in [2.45, 2.75) is 12.8 Å². The van der Waals surface area contributed by atoms with Crippen molar-refractivity contribution in [2.24, 2.45) is 5.41 Å². The van der Waals surface area contributed by atoms with Crippen LogP contribution >= 0.6 is 0 Å². The number of hydrogen-bond donors (Lipinski definition) is 3. The molecule has 4 nitrogen and oxygen atoms in total. The molecule has 1 heterocycles. The van der Waals surface area contributed by atoms with Gasteiger partial charge in [0.25, 0.3) is 0 Å². The zero-order valence-corrected chi connectivity index (χ0v) is 7.39. The molecule has 0 aromatic rings. The molecule has 0 radical (unpaired) electrons. The Morgan fingerprint density at radius 3 is 2.58 bits per heavy atom. The lowest BCUT2D eigenvalue weighted by Crippen LogP contribution is -2.48. The minimum Gasteiger partial charge on any atom is -0.395 e. The molecule has 70 valence electrons. The molecule has 0 unspecified atom stereocenters. The Balaban J connectivity index is 2.66. The van der Waals surface area contributed by atoms with E-state index in [1.807, 2.05) is 0 Å². The van der Waals surface area contributed by atoms with Gasteiger partial charge in [0.15, 0.2) is 0 Å². The monoisotopic (exact) mass is 172 g/mol. The third kappa shape index (κ3) is 1.59. The second-order valence-corrected chi connectivity index (χ2v) is 3.27. The number of carbonyl (C=O) groups is 1. The third-order valence-corrected chi connectivity index (χ3v) is 2.57. The number of amides is 1. The molecule has 0 bridgehead atoms. The maximum Gasteiger partial charge on any atom is 0.228 e. The Labute approximate surface area is 72.3 Å². The van der Waals surface area contributed by atoms with Crippen molar-refractivity contribution >= 4 is 5.91 Å². The average molecular weight is 172 g/mol. The number of aliphatic hydroxyl groups excluding tert-OH is 1. The van der Waals surface area contributed by atoms with Crippen molar-refractivity contribution in [3.05, 3.63) is 0 Å². The topological polar surface area (TPSA) is 61.4 Å². The smallest absolute Gasteiger partial charge is 0.228 e. The molecule has 12 heavy (non-hydrogen) atoms. The van der Waals surface area contributed by atoms with E-state index in [-0.39, 0.29) is 12.5 Å². The van der Waals surface area contributed by atoms with Crippen LogP contribution in [0, 0.1) is 5.41 Å². The first-order valence-corrected chi connectivity index (χ1v) is 4.29. The number of piperidine rings is 1. The van der Waals surface area contributed by atoms with Gasteiger partial charge >= 0.3 is 0 Å². The van der Waals surface area contributed by atoms with E-state index >= 15 is 0 Å². The van der Waals surface area contributed by atoms with Crippen LogP contribution in [0.15, 0.2) is 0 Å². The summed E-state index contributed by atoms with van der Waals surface area (Å²) in [4.78, 5) is 11.4. The molecule has 0 aromatic carbocycles. The van der Waals surface area contributed by atoms with Gasteiger partial charge in [-0.25, -0.2) is 0 Å². The van der Waals surface area contributed by atoms with Gasteiger partial charge in [0, 0.05) is 7.05 Å². The molecule has 3 N–H and O–H groups in total. The summed E-state index contributed by atoms with van der Waals surface area (Å²) in [5.41, 5.74) is -0.528. The molecule has 0 aliphatic carbocycles. The van der Waals surface area contributed by atoms with Crippen molar-refractivity contribution < 1.29 is 9.90 Å². The Morgan fingerprint density at radius 2 is 2.17 bits per heavy atom. The first-order chi connectivity index (χ1) is 5.75. The van der Waals surface area contributed by atoms with E-state index in [0.717, 1.165) is 25.9 Å². The molecule has 1 saturated heterocycles. The first kappa shape index (κ1) is 9.48. The number of carbonyl (C=O) groups excluding carboxylic acids is 1. The van der Waals surface area contributed by atoms with Crippen LogP contribution in [0.2, 0.25) is 0 Å². The summed E-state index contributed by atoms with van der Waals surface area (Å²) in [6, 6.07) is 0. The Kier molecular flexibility index (Phi) is 3.05. The fraction of sp³-hybridized carbons (Fsp3) is 0.875. The maximum atomic E-state index is 11.4. The van der Waals surface area contributed by atoms with Gasteiger partial charge in [-0.1, -0.05) is 0 Å². The lowest BCUT2D eigenvalue weighted by molar-refractivity contribution is -0.134. The van der Waals surface area contributed by atoms with E-state index in [1.54, 1.807) is 7.05 Å². The lowest BCUT2D eigenvalue weighted by Gasteiger charge is -2.33. The highest BCUT2D eigenvalue weighted by Gasteiger charge is 2.38. The zero-order valence-electron chi connectivity index (χ0n) is 7.39. The maximum absolute atomic E-state index is 11.4. The summed E-state index contributed by atoms with van der Waals surface area (Å²) < 4.78 is 0. The first-order valence-electron chi connectivity index (χ1n) is 4.29. The fourth-order valence-corrected chi connectivity index (χ4v) is 1.63. The van der Waals surface area contributed by atoms with Gasteiger partial charge in [-0.3, -0.25) is 4.79 Å². The van der Waals surface area contributed by atoms with Crippen LogP contribution in [0.4, 0.5) is 0 Å². The molecule has 0 spiro atoms. The third-order valence-electron chi connectivity index (χ3n) is 2.57. The molecule has 0 aromatic heterocycles. The van der Waals surface area contributed by atoms with E-state index in [2.05, 4.69) is 10.6 Å². The van der Waals surface area contributed by atoms with Gasteiger partial charge in [0.1, 0.15) is 0 Å². The molecule has 1 amide bonds. The van der Waals surface area contributed by atoms with Crippen molar-refractivity contribution in [1.82, 2.24) is 10.6 Å². The Bertz CT molecular complexity index is 164. The molecule has 0 saturated carbocycles. The van der Waals surface area contributed by atoms with Crippen LogP contribution in [-0.2, 0) is 4.79 Å². The highest BCUT2D eigenvalue weighted by molar-refractivity contribution is 5.82. The second-order valence-electron chi connectivity index (χ2n) is 3.27. The van der Waals surface area contributed by atoms with Crippen molar-refractivity contribution in [1.29, 1.82) is 0 Å². The molecule has 1 aliphatic rings. The van der Waals surface area contributed by atoms with Crippen LogP contribution in [0.25, 0.3) is 0 Å². The predicted octanol–water partition coefficient (Wildman–Crippen LogP) is -0.905. The quantitative estimate of drug-likeness (QED) is 0.505. The normalized spacial score (nSPS) is 21.8. The zero-order chi connectivity index (χ0) is 9.03. The van der Waals surface area contributed by atoms with E-state index in [9.17, 15) is 4.79 Å².